The summed E-state index contributed by atoms with van der Waals surface area (Å²) < 4.78 is 0. The molecule has 0 radical (unpaired) electrons. The number of piperidine rings is 1. The summed E-state index contributed by atoms with van der Waals surface area (Å²) in [6, 6.07) is 7.95. The summed E-state index contributed by atoms with van der Waals surface area (Å²) in [5.41, 5.74) is 0.452. The molecule has 1 aliphatic heterocycles. The third-order valence-electron chi connectivity index (χ3n) is 4.06. The van der Waals surface area contributed by atoms with Crippen molar-refractivity contribution in [2.75, 3.05) is 13.1 Å². The minimum Gasteiger partial charge on any atom is -0.316 e. The first-order valence-corrected chi connectivity index (χ1v) is 6.79. The first-order valence-electron chi connectivity index (χ1n) is 6.79. The Hall–Kier alpha value is -1.74. The topological polar surface area (TPSA) is 42.0 Å². The molecule has 1 aliphatic rings. The molecule has 3 rings (SSSR count). The van der Waals surface area contributed by atoms with Gasteiger partial charge in [0.05, 0.1) is 0 Å². The van der Waals surface area contributed by atoms with Crippen LogP contribution in [-0.4, -0.2) is 23.9 Å². The van der Waals surface area contributed by atoms with E-state index in [0.717, 1.165) is 42.3 Å². The van der Waals surface area contributed by atoms with Crippen molar-refractivity contribution in [2.45, 2.75) is 19.8 Å². The van der Waals surface area contributed by atoms with Crippen LogP contribution in [0.3, 0.4) is 0 Å². The lowest BCUT2D eigenvalue weighted by Crippen LogP contribution is -2.43. The van der Waals surface area contributed by atoms with Gasteiger partial charge in [-0.05, 0) is 24.8 Å². The van der Waals surface area contributed by atoms with Gasteiger partial charge in [-0.1, -0.05) is 31.2 Å². The minimum absolute atomic E-state index is 0.212. The Morgan fingerprint density at radius 2 is 2.16 bits per heavy atom. The Balaban J connectivity index is 2.06. The highest BCUT2D eigenvalue weighted by atomic mass is 16.1. The number of hydrogen-bond acceptors (Lipinski definition) is 3. The van der Waals surface area contributed by atoms with Crippen LogP contribution in [0.15, 0.2) is 36.7 Å². The molecule has 0 aliphatic carbocycles. The van der Waals surface area contributed by atoms with Gasteiger partial charge in [-0.15, -0.1) is 0 Å². The van der Waals surface area contributed by atoms with E-state index in [1.807, 2.05) is 30.5 Å². The number of benzene rings is 1. The monoisotopic (exact) mass is 254 g/mol. The van der Waals surface area contributed by atoms with Crippen LogP contribution in [0.1, 0.15) is 30.1 Å². The number of Topliss-reactive ketones (excluding diaryl/α,β-unsaturated/α-hetero) is 1. The molecular formula is C16H18N2O. The van der Waals surface area contributed by atoms with E-state index in [-0.39, 0.29) is 11.2 Å². The van der Waals surface area contributed by atoms with Gasteiger partial charge in [-0.25, -0.2) is 0 Å². The number of hydrogen-bond donors (Lipinski definition) is 1. The van der Waals surface area contributed by atoms with Gasteiger partial charge in [0.25, 0.3) is 0 Å². The van der Waals surface area contributed by atoms with E-state index in [9.17, 15) is 4.79 Å². The van der Waals surface area contributed by atoms with Crippen LogP contribution in [0.5, 0.6) is 0 Å². The molecule has 2 heterocycles. The van der Waals surface area contributed by atoms with Gasteiger partial charge in [0, 0.05) is 35.3 Å². The third-order valence-corrected chi connectivity index (χ3v) is 4.06. The van der Waals surface area contributed by atoms with Crippen LogP contribution in [-0.2, 0) is 0 Å². The van der Waals surface area contributed by atoms with E-state index >= 15 is 0 Å². The average molecular weight is 254 g/mol. The molecular weight excluding hydrogens is 236 g/mol. The van der Waals surface area contributed by atoms with Crippen LogP contribution in [0.2, 0.25) is 0 Å². The summed E-state index contributed by atoms with van der Waals surface area (Å²) in [6.07, 6.45) is 5.53. The molecule has 0 saturated carbocycles. The zero-order chi connectivity index (χ0) is 13.3. The van der Waals surface area contributed by atoms with E-state index in [0.29, 0.717) is 0 Å². The lowest BCUT2D eigenvalue weighted by molar-refractivity contribution is 0.0774. The Morgan fingerprint density at radius 3 is 2.95 bits per heavy atom. The van der Waals surface area contributed by atoms with Crippen molar-refractivity contribution in [3.05, 3.63) is 42.2 Å². The molecule has 1 saturated heterocycles. The van der Waals surface area contributed by atoms with Gasteiger partial charge < -0.3 is 5.32 Å². The lowest BCUT2D eigenvalue weighted by Gasteiger charge is -2.32. The Morgan fingerprint density at radius 1 is 1.32 bits per heavy atom. The van der Waals surface area contributed by atoms with E-state index in [1.54, 1.807) is 6.20 Å². The van der Waals surface area contributed by atoms with Crippen molar-refractivity contribution in [1.82, 2.24) is 10.3 Å². The minimum atomic E-state index is -0.302. The molecule has 1 aromatic carbocycles. The predicted octanol–water partition coefficient (Wildman–Crippen LogP) is 2.81. The summed E-state index contributed by atoms with van der Waals surface area (Å²) in [6.45, 7) is 3.83. The molecule has 2 aromatic rings. The molecule has 1 unspecified atom stereocenters. The van der Waals surface area contributed by atoms with Crippen molar-refractivity contribution >= 4 is 16.6 Å². The number of nitrogens with one attached hydrogen (secondary N) is 1. The molecule has 1 aromatic heterocycles. The summed E-state index contributed by atoms with van der Waals surface area (Å²) in [7, 11) is 0. The second-order valence-corrected chi connectivity index (χ2v) is 5.58. The molecule has 0 spiro atoms. The number of ketones is 1. The van der Waals surface area contributed by atoms with Crippen molar-refractivity contribution in [3.63, 3.8) is 0 Å². The summed E-state index contributed by atoms with van der Waals surface area (Å²) in [5.74, 6) is 0.212. The van der Waals surface area contributed by atoms with E-state index < -0.39 is 0 Å². The number of aromatic nitrogens is 1. The maximum absolute atomic E-state index is 12.9. The number of pyridine rings is 1. The Bertz CT molecular complexity index is 610. The van der Waals surface area contributed by atoms with Gasteiger partial charge in [-0.2, -0.15) is 0 Å². The molecule has 1 fully saturated rings. The number of carbonyl (C=O) groups is 1. The first kappa shape index (κ1) is 12.3. The standard InChI is InChI=1S/C16H18N2O/c1-16(7-4-8-17-11-16)15(19)14-10-18-9-12-5-2-3-6-13(12)14/h2-3,5-6,9-10,17H,4,7-8,11H2,1H3. The molecule has 3 nitrogen and oxygen atoms in total. The normalized spacial score (nSPS) is 23.4. The smallest absolute Gasteiger partial charge is 0.172 e. The molecule has 98 valence electrons. The van der Waals surface area contributed by atoms with E-state index in [4.69, 9.17) is 0 Å². The first-order chi connectivity index (χ1) is 9.21. The lowest BCUT2D eigenvalue weighted by atomic mass is 9.76. The fraction of sp³-hybridized carbons (Fsp3) is 0.375. The summed E-state index contributed by atoms with van der Waals surface area (Å²) in [5, 5.41) is 5.37. The van der Waals surface area contributed by atoms with Gasteiger partial charge in [0.15, 0.2) is 5.78 Å². The fourth-order valence-corrected chi connectivity index (χ4v) is 2.87. The fourth-order valence-electron chi connectivity index (χ4n) is 2.87. The maximum atomic E-state index is 12.9. The van der Waals surface area contributed by atoms with Crippen molar-refractivity contribution < 1.29 is 4.79 Å². The Kier molecular flexibility index (Phi) is 3.07. The van der Waals surface area contributed by atoms with Crippen LogP contribution < -0.4 is 5.32 Å². The molecule has 0 bridgehead atoms. The second kappa shape index (κ2) is 4.74. The summed E-state index contributed by atoms with van der Waals surface area (Å²) in [4.78, 5) is 17.1. The van der Waals surface area contributed by atoms with Crippen molar-refractivity contribution in [2.24, 2.45) is 5.41 Å². The van der Waals surface area contributed by atoms with Crippen LogP contribution in [0.4, 0.5) is 0 Å². The van der Waals surface area contributed by atoms with Gasteiger partial charge >= 0.3 is 0 Å². The zero-order valence-corrected chi connectivity index (χ0v) is 11.1. The highest BCUT2D eigenvalue weighted by Crippen LogP contribution is 2.32. The summed E-state index contributed by atoms with van der Waals surface area (Å²) >= 11 is 0. The number of fused-ring (bicyclic) bond motifs is 1. The molecule has 3 heteroatoms. The van der Waals surface area contributed by atoms with Crippen molar-refractivity contribution in [1.29, 1.82) is 0 Å². The average Bonchev–Trinajstić information content (AvgIpc) is 2.47. The van der Waals surface area contributed by atoms with Gasteiger partial charge in [-0.3, -0.25) is 9.78 Å². The number of rotatable bonds is 2. The maximum Gasteiger partial charge on any atom is 0.172 e. The van der Waals surface area contributed by atoms with E-state index in [2.05, 4.69) is 17.2 Å². The second-order valence-electron chi connectivity index (χ2n) is 5.58. The highest BCUT2D eigenvalue weighted by molar-refractivity contribution is 6.10. The van der Waals surface area contributed by atoms with Gasteiger partial charge in [0.1, 0.15) is 0 Å². The molecule has 1 atom stereocenters. The predicted molar refractivity (Wildman–Crippen MR) is 76.3 cm³/mol. The van der Waals surface area contributed by atoms with Gasteiger partial charge in [0.2, 0.25) is 0 Å². The van der Waals surface area contributed by atoms with Crippen LogP contribution in [0, 0.1) is 5.41 Å². The quantitative estimate of drug-likeness (QED) is 0.838. The number of carbonyl (C=O) groups excluding carboxylic acids is 1. The molecule has 19 heavy (non-hydrogen) atoms. The highest BCUT2D eigenvalue weighted by Gasteiger charge is 2.35. The molecule has 0 amide bonds. The zero-order valence-electron chi connectivity index (χ0n) is 11.1. The van der Waals surface area contributed by atoms with Crippen LogP contribution >= 0.6 is 0 Å². The largest absolute Gasteiger partial charge is 0.316 e. The molecule has 1 N–H and O–H groups in total. The van der Waals surface area contributed by atoms with Crippen LogP contribution in [0.25, 0.3) is 10.8 Å². The number of nitrogens with zero attached hydrogens (tertiary/aromatic N) is 1. The Labute approximate surface area is 113 Å². The SMILES string of the molecule is CC1(C(=O)c2cncc3ccccc23)CCCNC1. The third kappa shape index (κ3) is 2.15. The van der Waals surface area contributed by atoms with E-state index in [1.165, 1.54) is 0 Å². The van der Waals surface area contributed by atoms with Crippen molar-refractivity contribution in [3.8, 4) is 0 Å².